The number of hydrogen-bond donors (Lipinski definition) is 1. The zero-order chi connectivity index (χ0) is 17.4. The average Bonchev–Trinajstić information content (AvgIpc) is 2.47. The fraction of sp³-hybridized carbons (Fsp3) is 0.357. The van der Waals surface area contributed by atoms with Crippen LogP contribution in [0.15, 0.2) is 23.0 Å². The molecule has 0 radical (unpaired) electrons. The zero-order valence-corrected chi connectivity index (χ0v) is 15.3. The van der Waals surface area contributed by atoms with E-state index in [9.17, 15) is 13.6 Å². The summed E-state index contributed by atoms with van der Waals surface area (Å²) in [7, 11) is 1.38. The Hall–Kier alpha value is -1.47. The summed E-state index contributed by atoms with van der Waals surface area (Å²) in [6, 6.07) is 4.89. The Morgan fingerprint density at radius 2 is 1.91 bits per heavy atom. The molecule has 126 valence electrons. The SMILES string of the molecule is COP(C)(=O)c1cc2cc(OS(=O)N(C)C)c(C)cc2[nH]c1=O. The molecule has 0 bridgehead atoms. The third-order valence-electron chi connectivity index (χ3n) is 3.37. The van der Waals surface area contributed by atoms with Crippen molar-refractivity contribution in [2.45, 2.75) is 6.92 Å². The van der Waals surface area contributed by atoms with E-state index in [-0.39, 0.29) is 5.30 Å². The summed E-state index contributed by atoms with van der Waals surface area (Å²) >= 11 is -1.62. The molecule has 7 nitrogen and oxygen atoms in total. The lowest BCUT2D eigenvalue weighted by Gasteiger charge is -2.14. The summed E-state index contributed by atoms with van der Waals surface area (Å²) in [6.45, 7) is 3.17. The highest BCUT2D eigenvalue weighted by atomic mass is 32.2. The number of benzene rings is 1. The first kappa shape index (κ1) is 17.9. The van der Waals surface area contributed by atoms with Gasteiger partial charge in [0, 0.05) is 38.8 Å². The molecule has 0 aliphatic rings. The lowest BCUT2D eigenvalue weighted by molar-refractivity contribution is 0.408. The van der Waals surface area contributed by atoms with E-state index >= 15 is 0 Å². The molecule has 1 aromatic carbocycles. The van der Waals surface area contributed by atoms with Crippen molar-refractivity contribution in [1.29, 1.82) is 0 Å². The van der Waals surface area contributed by atoms with Gasteiger partial charge in [-0.05, 0) is 30.7 Å². The highest BCUT2D eigenvalue weighted by Crippen LogP contribution is 2.39. The Bertz CT molecular complexity index is 877. The molecule has 0 saturated carbocycles. The van der Waals surface area contributed by atoms with Gasteiger partial charge in [-0.25, -0.2) is 0 Å². The van der Waals surface area contributed by atoms with E-state index < -0.39 is 24.2 Å². The van der Waals surface area contributed by atoms with Crippen LogP contribution in [0.3, 0.4) is 0 Å². The van der Waals surface area contributed by atoms with Crippen molar-refractivity contribution in [3.8, 4) is 5.75 Å². The van der Waals surface area contributed by atoms with Gasteiger partial charge in [-0.1, -0.05) is 0 Å². The normalized spacial score (nSPS) is 15.6. The van der Waals surface area contributed by atoms with Crippen molar-refractivity contribution >= 4 is 34.8 Å². The lowest BCUT2D eigenvalue weighted by atomic mass is 10.1. The first-order valence-electron chi connectivity index (χ1n) is 6.74. The molecule has 1 N–H and O–H groups in total. The molecule has 2 unspecified atom stereocenters. The molecular weight excluding hydrogens is 339 g/mol. The molecule has 0 fully saturated rings. The second-order valence-electron chi connectivity index (χ2n) is 5.33. The predicted octanol–water partition coefficient (Wildman–Crippen LogP) is 1.54. The number of hydrogen-bond acceptors (Lipinski definition) is 5. The van der Waals surface area contributed by atoms with Crippen LogP contribution in [0.1, 0.15) is 5.56 Å². The zero-order valence-electron chi connectivity index (χ0n) is 13.6. The highest BCUT2D eigenvalue weighted by molar-refractivity contribution is 7.78. The minimum Gasteiger partial charge on any atom is -0.389 e. The number of fused-ring (bicyclic) bond motifs is 1. The number of pyridine rings is 1. The van der Waals surface area contributed by atoms with E-state index in [1.54, 1.807) is 33.2 Å². The molecule has 0 spiro atoms. The van der Waals surface area contributed by atoms with E-state index in [4.69, 9.17) is 8.71 Å². The second kappa shape index (κ2) is 6.57. The maximum atomic E-state index is 12.3. The van der Waals surface area contributed by atoms with Crippen molar-refractivity contribution in [3.05, 3.63) is 34.1 Å². The van der Waals surface area contributed by atoms with Crippen LogP contribution in [0.4, 0.5) is 0 Å². The molecular formula is C14H19N2O5PS. The van der Waals surface area contributed by atoms with Crippen molar-refractivity contribution < 1.29 is 17.5 Å². The molecule has 2 atom stereocenters. The summed E-state index contributed by atoms with van der Waals surface area (Å²) < 4.78 is 35.9. The maximum Gasteiger partial charge on any atom is 0.290 e. The van der Waals surface area contributed by atoms with Crippen LogP contribution in [0.25, 0.3) is 10.9 Å². The quantitative estimate of drug-likeness (QED) is 0.819. The Morgan fingerprint density at radius 3 is 2.48 bits per heavy atom. The molecule has 2 aromatic rings. The van der Waals surface area contributed by atoms with E-state index in [1.807, 2.05) is 0 Å². The van der Waals surface area contributed by atoms with Crippen molar-refractivity contribution in [2.75, 3.05) is 27.9 Å². The van der Waals surface area contributed by atoms with Crippen LogP contribution < -0.4 is 15.0 Å². The van der Waals surface area contributed by atoms with E-state index in [1.165, 1.54) is 24.1 Å². The smallest absolute Gasteiger partial charge is 0.290 e. The Morgan fingerprint density at radius 1 is 1.26 bits per heavy atom. The molecule has 23 heavy (non-hydrogen) atoms. The van der Waals surface area contributed by atoms with Gasteiger partial charge in [0.2, 0.25) is 7.37 Å². The third-order valence-corrected chi connectivity index (χ3v) is 6.19. The number of aromatic amines is 1. The number of nitrogens with one attached hydrogen (secondary N) is 1. The number of aryl methyl sites for hydroxylation is 1. The number of aromatic nitrogens is 1. The van der Waals surface area contributed by atoms with Gasteiger partial charge in [0.15, 0.2) is 0 Å². The van der Waals surface area contributed by atoms with Crippen molar-refractivity contribution in [3.63, 3.8) is 0 Å². The van der Waals surface area contributed by atoms with Crippen molar-refractivity contribution in [2.24, 2.45) is 0 Å². The minimum absolute atomic E-state index is 0.0797. The Balaban J connectivity index is 2.61. The molecule has 1 heterocycles. The first-order valence-corrected chi connectivity index (χ1v) is 9.85. The average molecular weight is 358 g/mol. The van der Waals surface area contributed by atoms with E-state index in [2.05, 4.69) is 4.98 Å². The molecule has 1 aromatic heterocycles. The third kappa shape index (κ3) is 3.72. The van der Waals surface area contributed by atoms with Crippen LogP contribution in [-0.2, 0) is 20.4 Å². The standard InChI is InChI=1S/C14H19N2O5PS/c1-9-6-11-10(7-12(9)21-23(19)16(2)3)8-13(14(17)15-11)22(5,18)20-4/h6-8H,1-5H3,(H,15,17). The van der Waals surface area contributed by atoms with Crippen molar-refractivity contribution in [1.82, 2.24) is 9.29 Å². The van der Waals surface area contributed by atoms with E-state index in [0.717, 1.165) is 5.56 Å². The Kier molecular flexibility index (Phi) is 5.10. The summed E-state index contributed by atoms with van der Waals surface area (Å²) in [5.41, 5.74) is 0.855. The largest absolute Gasteiger partial charge is 0.389 e. The van der Waals surface area contributed by atoms with Crippen LogP contribution in [0.2, 0.25) is 0 Å². The monoisotopic (exact) mass is 358 g/mol. The molecule has 2 rings (SSSR count). The van der Waals surface area contributed by atoms with Gasteiger partial charge in [0.25, 0.3) is 16.8 Å². The number of nitrogens with zero attached hydrogens (tertiary/aromatic N) is 1. The van der Waals surface area contributed by atoms with Gasteiger partial charge in [0.1, 0.15) is 11.1 Å². The summed E-state index contributed by atoms with van der Waals surface area (Å²) in [5.74, 6) is 0.422. The molecule has 9 heteroatoms. The lowest BCUT2D eigenvalue weighted by Crippen LogP contribution is -2.27. The Labute approximate surface area is 136 Å². The fourth-order valence-corrected chi connectivity index (χ4v) is 3.45. The summed E-state index contributed by atoms with van der Waals surface area (Å²) in [6.07, 6.45) is 0. The van der Waals surface area contributed by atoms with Gasteiger partial charge in [0.05, 0.1) is 0 Å². The van der Waals surface area contributed by atoms with Gasteiger partial charge in [-0.3, -0.25) is 9.36 Å². The molecule has 0 saturated heterocycles. The fourth-order valence-electron chi connectivity index (χ4n) is 1.97. The molecule has 0 aliphatic carbocycles. The van der Waals surface area contributed by atoms with Gasteiger partial charge < -0.3 is 13.7 Å². The van der Waals surface area contributed by atoms with Crippen LogP contribution in [0, 0.1) is 6.92 Å². The van der Waals surface area contributed by atoms with Crippen LogP contribution in [-0.4, -0.2) is 41.4 Å². The summed E-state index contributed by atoms with van der Waals surface area (Å²) in [5, 5.41) is 0.700. The maximum absolute atomic E-state index is 12.3. The number of rotatable bonds is 5. The predicted molar refractivity (Wildman–Crippen MR) is 91.9 cm³/mol. The van der Waals surface area contributed by atoms with Gasteiger partial charge in [-0.2, -0.15) is 8.51 Å². The summed E-state index contributed by atoms with van der Waals surface area (Å²) in [4.78, 5) is 14.8. The van der Waals surface area contributed by atoms with Crippen LogP contribution >= 0.6 is 7.37 Å². The van der Waals surface area contributed by atoms with Gasteiger partial charge >= 0.3 is 0 Å². The first-order chi connectivity index (χ1) is 10.7. The second-order valence-corrected chi connectivity index (χ2v) is 9.20. The molecule has 0 aliphatic heterocycles. The topological polar surface area (TPSA) is 88.7 Å². The minimum atomic E-state index is -3.19. The number of H-pyrrole nitrogens is 1. The molecule has 0 amide bonds. The van der Waals surface area contributed by atoms with Gasteiger partial charge in [-0.15, -0.1) is 0 Å². The van der Waals surface area contributed by atoms with Crippen LogP contribution in [0.5, 0.6) is 5.75 Å². The van der Waals surface area contributed by atoms with E-state index in [0.29, 0.717) is 16.7 Å². The highest BCUT2D eigenvalue weighted by Gasteiger charge is 2.22.